The Morgan fingerprint density at radius 2 is 2.24 bits per heavy atom. The lowest BCUT2D eigenvalue weighted by Gasteiger charge is -2.32. The Labute approximate surface area is 147 Å². The fraction of sp³-hybridized carbons (Fsp3) is 0.500. The average molecular weight is 345 g/mol. The van der Waals surface area contributed by atoms with Gasteiger partial charge in [-0.25, -0.2) is 9.18 Å². The van der Waals surface area contributed by atoms with Crippen molar-refractivity contribution in [3.63, 3.8) is 0 Å². The number of aryl methyl sites for hydroxylation is 2. The summed E-state index contributed by atoms with van der Waals surface area (Å²) in [6.45, 7) is 6.06. The van der Waals surface area contributed by atoms with Crippen LogP contribution in [0.5, 0.6) is 0 Å². The van der Waals surface area contributed by atoms with Crippen molar-refractivity contribution < 1.29 is 9.18 Å². The molecule has 134 valence electrons. The van der Waals surface area contributed by atoms with Gasteiger partial charge in [0.2, 0.25) is 0 Å². The molecule has 0 spiro atoms. The summed E-state index contributed by atoms with van der Waals surface area (Å²) < 4.78 is 15.9. The van der Waals surface area contributed by atoms with E-state index in [0.29, 0.717) is 30.8 Å². The van der Waals surface area contributed by atoms with Gasteiger partial charge in [-0.1, -0.05) is 13.0 Å². The smallest absolute Gasteiger partial charge is 0.321 e. The summed E-state index contributed by atoms with van der Waals surface area (Å²) >= 11 is 0. The molecule has 0 radical (unpaired) electrons. The lowest BCUT2D eigenvalue weighted by Crippen LogP contribution is -2.42. The quantitative estimate of drug-likeness (QED) is 0.923. The van der Waals surface area contributed by atoms with E-state index in [2.05, 4.69) is 22.4 Å². The van der Waals surface area contributed by atoms with Crippen LogP contribution in [0.25, 0.3) is 0 Å². The van der Waals surface area contributed by atoms with E-state index in [1.54, 1.807) is 23.4 Å². The molecule has 1 aromatic heterocycles. The van der Waals surface area contributed by atoms with Gasteiger partial charge in [0.15, 0.2) is 0 Å². The Morgan fingerprint density at radius 1 is 1.40 bits per heavy atom. The van der Waals surface area contributed by atoms with E-state index in [1.165, 1.54) is 6.07 Å². The largest absolute Gasteiger partial charge is 0.324 e. The maximum absolute atomic E-state index is 13.9. The van der Waals surface area contributed by atoms with Crippen molar-refractivity contribution in [3.05, 3.63) is 41.7 Å². The number of piperidine rings is 1. The third-order valence-corrected chi connectivity index (χ3v) is 4.75. The number of hydrogen-bond donors (Lipinski definition) is 1. The van der Waals surface area contributed by atoms with Gasteiger partial charge in [0.05, 0.1) is 0 Å². The number of aromatic nitrogens is 3. The molecule has 2 amide bonds. The normalized spacial score (nSPS) is 17.6. The van der Waals surface area contributed by atoms with E-state index in [4.69, 9.17) is 0 Å². The first-order valence-electron chi connectivity index (χ1n) is 8.84. The SMILES string of the molecule is CCc1ccc(NC(=O)N2CCC[C@@H](c3nncn3CC)C2)cc1F. The highest BCUT2D eigenvalue weighted by atomic mass is 19.1. The molecule has 1 aromatic carbocycles. The number of rotatable bonds is 4. The second kappa shape index (κ2) is 7.63. The molecule has 0 bridgehead atoms. The summed E-state index contributed by atoms with van der Waals surface area (Å²) in [5.74, 6) is 0.826. The molecule has 3 rings (SSSR count). The van der Waals surface area contributed by atoms with Crippen molar-refractivity contribution in [2.24, 2.45) is 0 Å². The lowest BCUT2D eigenvalue weighted by molar-refractivity contribution is 0.190. The zero-order valence-electron chi connectivity index (χ0n) is 14.7. The van der Waals surface area contributed by atoms with Crippen LogP contribution in [0, 0.1) is 5.82 Å². The van der Waals surface area contributed by atoms with E-state index >= 15 is 0 Å². The summed E-state index contributed by atoms with van der Waals surface area (Å²) in [4.78, 5) is 14.3. The Kier molecular flexibility index (Phi) is 5.31. The third kappa shape index (κ3) is 3.81. The van der Waals surface area contributed by atoms with Gasteiger partial charge in [0.25, 0.3) is 0 Å². The fourth-order valence-corrected chi connectivity index (χ4v) is 3.31. The molecule has 2 aromatic rings. The van der Waals surface area contributed by atoms with Gasteiger partial charge in [-0.05, 0) is 43.9 Å². The highest BCUT2D eigenvalue weighted by Crippen LogP contribution is 2.26. The van der Waals surface area contributed by atoms with Crippen LogP contribution in [-0.2, 0) is 13.0 Å². The number of anilines is 1. The molecule has 0 unspecified atom stereocenters. The van der Waals surface area contributed by atoms with Crippen LogP contribution in [0.1, 0.15) is 44.0 Å². The van der Waals surface area contributed by atoms with Crippen LogP contribution in [0.15, 0.2) is 24.5 Å². The average Bonchev–Trinajstić information content (AvgIpc) is 3.11. The van der Waals surface area contributed by atoms with Crippen LogP contribution in [-0.4, -0.2) is 38.8 Å². The molecule has 1 N–H and O–H groups in total. The molecular weight excluding hydrogens is 321 g/mol. The van der Waals surface area contributed by atoms with Gasteiger partial charge >= 0.3 is 6.03 Å². The van der Waals surface area contributed by atoms with Crippen molar-refractivity contribution in [3.8, 4) is 0 Å². The number of halogens is 1. The van der Waals surface area contributed by atoms with E-state index in [0.717, 1.165) is 25.2 Å². The van der Waals surface area contributed by atoms with Crippen molar-refractivity contribution in [2.75, 3.05) is 18.4 Å². The van der Waals surface area contributed by atoms with Crippen LogP contribution >= 0.6 is 0 Å². The monoisotopic (exact) mass is 345 g/mol. The van der Waals surface area contributed by atoms with Crippen LogP contribution in [0.4, 0.5) is 14.9 Å². The molecule has 6 nitrogen and oxygen atoms in total. The number of carbonyl (C=O) groups excluding carboxylic acids is 1. The van der Waals surface area contributed by atoms with Crippen molar-refractivity contribution in [2.45, 2.75) is 45.6 Å². The highest BCUT2D eigenvalue weighted by Gasteiger charge is 2.27. The second-order valence-corrected chi connectivity index (χ2v) is 6.35. The highest BCUT2D eigenvalue weighted by molar-refractivity contribution is 5.89. The first-order valence-corrected chi connectivity index (χ1v) is 8.84. The van der Waals surface area contributed by atoms with E-state index in [1.807, 2.05) is 11.5 Å². The molecule has 0 aliphatic carbocycles. The Hall–Kier alpha value is -2.44. The predicted molar refractivity (Wildman–Crippen MR) is 94.0 cm³/mol. The Balaban J connectivity index is 1.67. The van der Waals surface area contributed by atoms with Crippen molar-refractivity contribution >= 4 is 11.7 Å². The first kappa shape index (κ1) is 17.4. The zero-order chi connectivity index (χ0) is 17.8. The standard InChI is InChI=1S/C18H24FN5O/c1-3-13-7-8-15(10-16(13)19)21-18(25)24-9-5-6-14(11-24)17-22-20-12-23(17)4-2/h7-8,10,12,14H,3-6,9,11H2,1-2H3,(H,21,25)/t14-/m1/s1. The minimum atomic E-state index is -0.284. The molecule has 0 saturated carbocycles. The van der Waals surface area contributed by atoms with E-state index < -0.39 is 0 Å². The number of hydrogen-bond acceptors (Lipinski definition) is 3. The number of nitrogens with zero attached hydrogens (tertiary/aromatic N) is 4. The third-order valence-electron chi connectivity index (χ3n) is 4.75. The molecule has 1 fully saturated rings. The maximum atomic E-state index is 13.9. The molecule has 1 aliphatic heterocycles. The molecule has 25 heavy (non-hydrogen) atoms. The lowest BCUT2D eigenvalue weighted by atomic mass is 9.97. The number of carbonyl (C=O) groups is 1. The first-order chi connectivity index (χ1) is 12.1. The van der Waals surface area contributed by atoms with E-state index in [-0.39, 0.29) is 17.8 Å². The molecular formula is C18H24FN5O. The summed E-state index contributed by atoms with van der Waals surface area (Å²) in [6, 6.07) is 4.64. The summed E-state index contributed by atoms with van der Waals surface area (Å²) in [7, 11) is 0. The van der Waals surface area contributed by atoms with Gasteiger partial charge in [-0.3, -0.25) is 0 Å². The van der Waals surface area contributed by atoms with E-state index in [9.17, 15) is 9.18 Å². The summed E-state index contributed by atoms with van der Waals surface area (Å²) in [5, 5.41) is 11.0. The zero-order valence-corrected chi connectivity index (χ0v) is 14.7. The van der Waals surface area contributed by atoms with Crippen molar-refractivity contribution in [1.29, 1.82) is 0 Å². The molecule has 1 saturated heterocycles. The minimum Gasteiger partial charge on any atom is -0.324 e. The van der Waals surface area contributed by atoms with Crippen molar-refractivity contribution in [1.82, 2.24) is 19.7 Å². The Morgan fingerprint density at radius 3 is 2.96 bits per heavy atom. The Bertz CT molecular complexity index is 745. The van der Waals surface area contributed by atoms with Crippen LogP contribution in [0.2, 0.25) is 0 Å². The van der Waals surface area contributed by atoms with Gasteiger partial charge in [0.1, 0.15) is 18.0 Å². The van der Waals surface area contributed by atoms with Gasteiger partial charge in [-0.2, -0.15) is 0 Å². The summed E-state index contributed by atoms with van der Waals surface area (Å²) in [5.41, 5.74) is 1.13. The second-order valence-electron chi connectivity index (χ2n) is 6.35. The number of urea groups is 1. The van der Waals surface area contributed by atoms with Gasteiger partial charge < -0.3 is 14.8 Å². The number of benzene rings is 1. The summed E-state index contributed by atoms with van der Waals surface area (Å²) in [6.07, 6.45) is 4.26. The molecule has 1 atom stereocenters. The topological polar surface area (TPSA) is 63.1 Å². The van der Waals surface area contributed by atoms with Crippen LogP contribution in [0.3, 0.4) is 0 Å². The number of nitrogens with one attached hydrogen (secondary N) is 1. The fourth-order valence-electron chi connectivity index (χ4n) is 3.31. The predicted octanol–water partition coefficient (Wildman–Crippen LogP) is 3.41. The number of amides is 2. The van der Waals surface area contributed by atoms with Gasteiger partial charge in [-0.15, -0.1) is 10.2 Å². The maximum Gasteiger partial charge on any atom is 0.321 e. The molecule has 7 heteroatoms. The molecule has 1 aliphatic rings. The number of likely N-dealkylation sites (tertiary alicyclic amines) is 1. The van der Waals surface area contributed by atoms with Crippen LogP contribution < -0.4 is 5.32 Å². The van der Waals surface area contributed by atoms with Gasteiger partial charge in [0, 0.05) is 31.2 Å². The molecule has 2 heterocycles. The minimum absolute atomic E-state index is 0.182.